The van der Waals surface area contributed by atoms with Crippen molar-refractivity contribution in [1.82, 2.24) is 0 Å². The van der Waals surface area contributed by atoms with E-state index in [9.17, 15) is 9.18 Å². The average Bonchev–Trinajstić information content (AvgIpc) is 2.77. The van der Waals surface area contributed by atoms with Gasteiger partial charge in [0.1, 0.15) is 5.82 Å². The Morgan fingerprint density at radius 1 is 1.09 bits per heavy atom. The van der Waals surface area contributed by atoms with Gasteiger partial charge in [0.2, 0.25) is 0 Å². The van der Waals surface area contributed by atoms with E-state index in [4.69, 9.17) is 23.8 Å². The summed E-state index contributed by atoms with van der Waals surface area (Å²) in [6.07, 6.45) is 1.76. The van der Waals surface area contributed by atoms with Crippen molar-refractivity contribution in [3.05, 3.63) is 69.8 Å². The molecule has 2 aromatic rings. The van der Waals surface area contributed by atoms with E-state index in [-0.39, 0.29) is 11.7 Å². The molecule has 0 aromatic heterocycles. The van der Waals surface area contributed by atoms with E-state index in [0.717, 1.165) is 5.56 Å². The van der Waals surface area contributed by atoms with Gasteiger partial charge in [-0.3, -0.25) is 9.69 Å². The van der Waals surface area contributed by atoms with Gasteiger partial charge in [0, 0.05) is 5.02 Å². The molecule has 2 nitrogen and oxygen atoms in total. The molecule has 0 N–H and O–H groups in total. The average molecular weight is 350 g/mol. The zero-order chi connectivity index (χ0) is 15.7. The Kier molecular flexibility index (Phi) is 4.29. The number of benzene rings is 2. The molecule has 0 unspecified atom stereocenters. The third-order valence-electron chi connectivity index (χ3n) is 3.05. The second-order valence-corrected chi connectivity index (χ2v) is 6.66. The zero-order valence-electron chi connectivity index (χ0n) is 11.1. The van der Waals surface area contributed by atoms with Crippen molar-refractivity contribution in [2.24, 2.45) is 0 Å². The molecule has 1 aliphatic heterocycles. The van der Waals surface area contributed by atoms with Crippen molar-refractivity contribution in [3.8, 4) is 0 Å². The fourth-order valence-corrected chi connectivity index (χ4v) is 3.42. The lowest BCUT2D eigenvalue weighted by Crippen LogP contribution is -2.27. The fourth-order valence-electron chi connectivity index (χ4n) is 1.99. The number of carbonyl (C=O) groups is 1. The van der Waals surface area contributed by atoms with Gasteiger partial charge in [-0.25, -0.2) is 4.39 Å². The third-order valence-corrected chi connectivity index (χ3v) is 4.60. The normalized spacial score (nSPS) is 16.6. The van der Waals surface area contributed by atoms with Crippen LogP contribution in [-0.2, 0) is 4.79 Å². The maximum absolute atomic E-state index is 13.0. The summed E-state index contributed by atoms with van der Waals surface area (Å²) in [5.74, 6) is -0.567. The van der Waals surface area contributed by atoms with Gasteiger partial charge in [0.05, 0.1) is 10.6 Å². The quantitative estimate of drug-likeness (QED) is 0.569. The van der Waals surface area contributed by atoms with E-state index in [1.807, 2.05) is 12.1 Å². The van der Waals surface area contributed by atoms with Crippen LogP contribution in [0.4, 0.5) is 10.1 Å². The molecule has 0 spiro atoms. The molecular weight excluding hydrogens is 341 g/mol. The molecule has 1 fully saturated rings. The van der Waals surface area contributed by atoms with Crippen molar-refractivity contribution in [2.45, 2.75) is 0 Å². The van der Waals surface area contributed by atoms with Gasteiger partial charge in [0.15, 0.2) is 4.32 Å². The van der Waals surface area contributed by atoms with Crippen LogP contribution in [0.2, 0.25) is 5.02 Å². The molecule has 1 amide bonds. The number of halogens is 2. The summed E-state index contributed by atoms with van der Waals surface area (Å²) in [6, 6.07) is 12.8. The highest BCUT2D eigenvalue weighted by molar-refractivity contribution is 8.27. The van der Waals surface area contributed by atoms with E-state index >= 15 is 0 Å². The van der Waals surface area contributed by atoms with Crippen LogP contribution in [0, 0.1) is 5.82 Å². The minimum Gasteiger partial charge on any atom is -0.268 e. The minimum absolute atomic E-state index is 0.212. The van der Waals surface area contributed by atoms with Gasteiger partial charge in [-0.05, 0) is 48.0 Å². The number of amides is 1. The van der Waals surface area contributed by atoms with Crippen molar-refractivity contribution in [3.63, 3.8) is 0 Å². The number of carbonyl (C=O) groups excluding carboxylic acids is 1. The van der Waals surface area contributed by atoms with Gasteiger partial charge in [-0.15, -0.1) is 0 Å². The number of thioether (sulfide) groups is 1. The molecule has 0 aliphatic carbocycles. The molecule has 1 heterocycles. The summed E-state index contributed by atoms with van der Waals surface area (Å²) in [5.41, 5.74) is 1.42. The summed E-state index contributed by atoms with van der Waals surface area (Å²) in [4.78, 5) is 14.4. The van der Waals surface area contributed by atoms with E-state index in [2.05, 4.69) is 0 Å². The predicted molar refractivity (Wildman–Crippen MR) is 93.5 cm³/mol. The van der Waals surface area contributed by atoms with Crippen molar-refractivity contribution in [1.29, 1.82) is 0 Å². The summed E-state index contributed by atoms with van der Waals surface area (Å²) >= 11 is 12.3. The SMILES string of the molecule is O=C1/C(=C/c2ccc(Cl)cc2)SC(=S)N1c1ccc(F)cc1. The Hall–Kier alpha value is -1.69. The Labute approximate surface area is 141 Å². The van der Waals surface area contributed by atoms with Crippen molar-refractivity contribution >= 4 is 57.6 Å². The van der Waals surface area contributed by atoms with E-state index in [1.54, 1.807) is 18.2 Å². The van der Waals surface area contributed by atoms with Crippen molar-refractivity contribution < 1.29 is 9.18 Å². The van der Waals surface area contributed by atoms with Gasteiger partial charge in [0.25, 0.3) is 5.91 Å². The molecule has 0 saturated carbocycles. The topological polar surface area (TPSA) is 20.3 Å². The van der Waals surface area contributed by atoms with E-state index in [1.165, 1.54) is 40.9 Å². The Bertz CT molecular complexity index is 772. The second kappa shape index (κ2) is 6.20. The van der Waals surface area contributed by atoms with E-state index in [0.29, 0.717) is 19.9 Å². The third kappa shape index (κ3) is 3.06. The number of thiocarbonyl (C=S) groups is 1. The minimum atomic E-state index is -0.356. The molecule has 1 aliphatic rings. The van der Waals surface area contributed by atoms with Gasteiger partial charge >= 0.3 is 0 Å². The number of anilines is 1. The molecule has 6 heteroatoms. The smallest absolute Gasteiger partial charge is 0.268 e. The standard InChI is InChI=1S/C16H9ClFNOS2/c17-11-3-1-10(2-4-11)9-14-15(20)19(16(21)22-14)13-7-5-12(18)6-8-13/h1-9H/b14-9-. The highest BCUT2D eigenvalue weighted by Gasteiger charge is 2.33. The highest BCUT2D eigenvalue weighted by Crippen LogP contribution is 2.36. The first-order valence-corrected chi connectivity index (χ1v) is 7.94. The lowest BCUT2D eigenvalue weighted by molar-refractivity contribution is -0.113. The molecule has 2 aromatic carbocycles. The fraction of sp³-hybridized carbons (Fsp3) is 0. The number of rotatable bonds is 2. The van der Waals surface area contributed by atoms with Crippen LogP contribution in [0.3, 0.4) is 0 Å². The molecule has 0 radical (unpaired) electrons. The predicted octanol–water partition coefficient (Wildman–Crippen LogP) is 4.88. The Morgan fingerprint density at radius 2 is 1.73 bits per heavy atom. The lowest BCUT2D eigenvalue weighted by atomic mass is 10.2. The first kappa shape index (κ1) is 15.2. The van der Waals surface area contributed by atoms with Gasteiger partial charge in [-0.2, -0.15) is 0 Å². The van der Waals surface area contributed by atoms with Gasteiger partial charge < -0.3 is 0 Å². The largest absolute Gasteiger partial charge is 0.270 e. The highest BCUT2D eigenvalue weighted by atomic mass is 35.5. The summed E-state index contributed by atoms with van der Waals surface area (Å²) < 4.78 is 13.4. The van der Waals surface area contributed by atoms with Gasteiger partial charge in [-0.1, -0.05) is 47.7 Å². The Morgan fingerprint density at radius 3 is 2.36 bits per heavy atom. The Balaban J connectivity index is 1.91. The number of nitrogens with zero attached hydrogens (tertiary/aromatic N) is 1. The lowest BCUT2D eigenvalue weighted by Gasteiger charge is -2.14. The second-order valence-electron chi connectivity index (χ2n) is 4.55. The van der Waals surface area contributed by atoms with Crippen LogP contribution in [0.5, 0.6) is 0 Å². The first-order valence-electron chi connectivity index (χ1n) is 6.34. The monoisotopic (exact) mass is 349 g/mol. The van der Waals surface area contributed by atoms with Crippen LogP contribution in [0.1, 0.15) is 5.56 Å². The van der Waals surface area contributed by atoms with E-state index < -0.39 is 0 Å². The van der Waals surface area contributed by atoms with Crippen LogP contribution >= 0.6 is 35.6 Å². The number of hydrogen-bond acceptors (Lipinski definition) is 3. The molecule has 0 atom stereocenters. The summed E-state index contributed by atoms with van der Waals surface area (Å²) in [5, 5.41) is 0.635. The molecule has 22 heavy (non-hydrogen) atoms. The number of hydrogen-bond donors (Lipinski definition) is 0. The summed E-state index contributed by atoms with van der Waals surface area (Å²) in [6.45, 7) is 0. The molecule has 0 bridgehead atoms. The van der Waals surface area contributed by atoms with Crippen LogP contribution in [0.15, 0.2) is 53.4 Å². The van der Waals surface area contributed by atoms with Crippen LogP contribution < -0.4 is 4.90 Å². The van der Waals surface area contributed by atoms with Crippen LogP contribution in [-0.4, -0.2) is 10.2 Å². The first-order chi connectivity index (χ1) is 10.5. The molecular formula is C16H9ClFNOS2. The maximum atomic E-state index is 13.0. The molecule has 3 rings (SSSR count). The molecule has 110 valence electrons. The van der Waals surface area contributed by atoms with Crippen LogP contribution in [0.25, 0.3) is 6.08 Å². The molecule has 1 saturated heterocycles. The van der Waals surface area contributed by atoms with Crippen molar-refractivity contribution in [2.75, 3.05) is 4.90 Å². The summed E-state index contributed by atoms with van der Waals surface area (Å²) in [7, 11) is 0. The zero-order valence-corrected chi connectivity index (χ0v) is 13.5. The maximum Gasteiger partial charge on any atom is 0.270 e.